The molecule has 0 radical (unpaired) electrons. The number of hydrogen-bond acceptors (Lipinski definition) is 4. The zero-order valence-electron chi connectivity index (χ0n) is 10.2. The van der Waals surface area contributed by atoms with Crippen LogP contribution in [0.15, 0.2) is 0 Å². The van der Waals surface area contributed by atoms with Crippen molar-refractivity contribution in [2.75, 3.05) is 0 Å². The first kappa shape index (κ1) is 12.0. The minimum absolute atomic E-state index is 0.0473. The van der Waals surface area contributed by atoms with Crippen LogP contribution in [0.4, 0.5) is 0 Å². The molecule has 0 saturated carbocycles. The van der Waals surface area contributed by atoms with Crippen LogP contribution in [0, 0.1) is 6.92 Å². The van der Waals surface area contributed by atoms with E-state index in [1.807, 2.05) is 0 Å². The van der Waals surface area contributed by atoms with Crippen molar-refractivity contribution in [3.05, 3.63) is 15.6 Å². The van der Waals surface area contributed by atoms with Gasteiger partial charge in [-0.2, -0.15) is 0 Å². The molecule has 2 heterocycles. The molecule has 1 fully saturated rings. The summed E-state index contributed by atoms with van der Waals surface area (Å²) in [5, 5.41) is 1.04. The van der Waals surface area contributed by atoms with E-state index in [9.17, 15) is 0 Å². The number of thiazole rings is 1. The van der Waals surface area contributed by atoms with Crippen LogP contribution in [0.3, 0.4) is 0 Å². The summed E-state index contributed by atoms with van der Waals surface area (Å²) in [5.74, 6) is 0. The van der Waals surface area contributed by atoms with Gasteiger partial charge in [-0.05, 0) is 33.1 Å². The molecule has 90 valence electrons. The number of aryl methyl sites for hydroxylation is 2. The van der Waals surface area contributed by atoms with E-state index in [0.717, 1.165) is 24.3 Å². The Bertz CT molecular complexity index is 364. The van der Waals surface area contributed by atoms with E-state index in [2.05, 4.69) is 25.8 Å². The zero-order valence-corrected chi connectivity index (χ0v) is 11.0. The summed E-state index contributed by atoms with van der Waals surface area (Å²) in [6.45, 7) is 6.35. The molecular formula is C12H20N2OS. The molecule has 1 aliphatic rings. The lowest BCUT2D eigenvalue weighted by Gasteiger charge is -2.16. The fourth-order valence-electron chi connectivity index (χ4n) is 2.18. The van der Waals surface area contributed by atoms with Crippen molar-refractivity contribution >= 4 is 11.3 Å². The Labute approximate surface area is 101 Å². The number of nitrogens with two attached hydrogens (primary N) is 1. The zero-order chi connectivity index (χ0) is 11.7. The third-order valence-corrected chi connectivity index (χ3v) is 4.31. The quantitative estimate of drug-likeness (QED) is 0.883. The number of ether oxygens (including phenoxy) is 1. The fraction of sp³-hybridized carbons (Fsp3) is 0.750. The van der Waals surface area contributed by atoms with Crippen LogP contribution in [0.2, 0.25) is 0 Å². The molecule has 0 bridgehead atoms. The molecular weight excluding hydrogens is 220 g/mol. The maximum atomic E-state index is 6.22. The van der Waals surface area contributed by atoms with Gasteiger partial charge in [-0.3, -0.25) is 0 Å². The van der Waals surface area contributed by atoms with Gasteiger partial charge >= 0.3 is 0 Å². The molecule has 3 unspecified atom stereocenters. The predicted octanol–water partition coefficient (Wildman–Crippen LogP) is 2.58. The summed E-state index contributed by atoms with van der Waals surface area (Å²) in [5.41, 5.74) is 7.40. The molecule has 1 aromatic rings. The maximum Gasteiger partial charge on any atom is 0.113 e. The molecule has 0 spiro atoms. The molecule has 0 aliphatic carbocycles. The van der Waals surface area contributed by atoms with E-state index >= 15 is 0 Å². The lowest BCUT2D eigenvalue weighted by Crippen LogP contribution is -2.26. The van der Waals surface area contributed by atoms with Crippen molar-refractivity contribution in [3.63, 3.8) is 0 Å². The first-order chi connectivity index (χ1) is 7.61. The third-order valence-electron chi connectivity index (χ3n) is 3.19. The second-order valence-electron chi connectivity index (χ2n) is 4.50. The average Bonchev–Trinajstić information content (AvgIpc) is 2.83. The molecule has 16 heavy (non-hydrogen) atoms. The van der Waals surface area contributed by atoms with Crippen molar-refractivity contribution in [2.24, 2.45) is 5.73 Å². The molecule has 4 heteroatoms. The number of nitrogens with zero attached hydrogens (tertiary/aromatic N) is 1. The SMILES string of the molecule is CCc1nc(C(N)C2CCC(C)O2)sc1C. The Morgan fingerprint density at radius 1 is 1.56 bits per heavy atom. The predicted molar refractivity (Wildman–Crippen MR) is 66.7 cm³/mol. The topological polar surface area (TPSA) is 48.1 Å². The smallest absolute Gasteiger partial charge is 0.113 e. The molecule has 0 amide bonds. The monoisotopic (exact) mass is 240 g/mol. The number of rotatable bonds is 3. The van der Waals surface area contributed by atoms with Crippen molar-refractivity contribution < 1.29 is 4.74 Å². The molecule has 1 aromatic heterocycles. The standard InChI is InChI=1S/C12H20N2OS/c1-4-9-8(3)16-12(14-9)11(13)10-6-5-7(2)15-10/h7,10-11H,4-6,13H2,1-3H3. The number of aromatic nitrogens is 1. The van der Waals surface area contributed by atoms with E-state index < -0.39 is 0 Å². The van der Waals surface area contributed by atoms with Gasteiger partial charge in [-0.1, -0.05) is 6.92 Å². The van der Waals surface area contributed by atoms with E-state index in [4.69, 9.17) is 10.5 Å². The Morgan fingerprint density at radius 3 is 2.81 bits per heavy atom. The van der Waals surface area contributed by atoms with Crippen molar-refractivity contribution in [1.82, 2.24) is 4.98 Å². The minimum Gasteiger partial charge on any atom is -0.373 e. The van der Waals surface area contributed by atoms with Crippen LogP contribution in [0.5, 0.6) is 0 Å². The first-order valence-corrected chi connectivity index (χ1v) is 6.80. The van der Waals surface area contributed by atoms with Gasteiger partial charge in [-0.25, -0.2) is 4.98 Å². The Hall–Kier alpha value is -0.450. The van der Waals surface area contributed by atoms with E-state index in [-0.39, 0.29) is 12.1 Å². The molecule has 0 aromatic carbocycles. The molecule has 2 N–H and O–H groups in total. The summed E-state index contributed by atoms with van der Waals surface area (Å²) in [6, 6.07) is -0.0473. The third kappa shape index (κ3) is 2.29. The van der Waals surface area contributed by atoms with Gasteiger partial charge in [0.2, 0.25) is 0 Å². The number of hydrogen-bond donors (Lipinski definition) is 1. The molecule has 3 nitrogen and oxygen atoms in total. The van der Waals surface area contributed by atoms with Gasteiger partial charge in [0.25, 0.3) is 0 Å². The van der Waals surface area contributed by atoms with Gasteiger partial charge in [0, 0.05) is 4.88 Å². The summed E-state index contributed by atoms with van der Waals surface area (Å²) in [6.07, 6.45) is 3.66. The first-order valence-electron chi connectivity index (χ1n) is 5.99. The summed E-state index contributed by atoms with van der Waals surface area (Å²) in [7, 11) is 0. The van der Waals surface area contributed by atoms with E-state index in [1.54, 1.807) is 11.3 Å². The lowest BCUT2D eigenvalue weighted by atomic mass is 10.1. The lowest BCUT2D eigenvalue weighted by molar-refractivity contribution is 0.0401. The highest BCUT2D eigenvalue weighted by molar-refractivity contribution is 7.11. The molecule has 2 rings (SSSR count). The second-order valence-corrected chi connectivity index (χ2v) is 5.73. The van der Waals surface area contributed by atoms with E-state index in [0.29, 0.717) is 6.10 Å². The highest BCUT2D eigenvalue weighted by atomic mass is 32.1. The fourth-order valence-corrected chi connectivity index (χ4v) is 3.24. The van der Waals surface area contributed by atoms with Crippen LogP contribution < -0.4 is 5.73 Å². The highest BCUT2D eigenvalue weighted by Gasteiger charge is 2.30. The van der Waals surface area contributed by atoms with Crippen LogP contribution >= 0.6 is 11.3 Å². The van der Waals surface area contributed by atoms with Gasteiger partial charge < -0.3 is 10.5 Å². The second kappa shape index (κ2) is 4.82. The largest absolute Gasteiger partial charge is 0.373 e. The van der Waals surface area contributed by atoms with Gasteiger partial charge in [0.05, 0.1) is 23.9 Å². The molecule has 3 atom stereocenters. The van der Waals surface area contributed by atoms with Crippen molar-refractivity contribution in [1.29, 1.82) is 0 Å². The molecule has 1 aliphatic heterocycles. The minimum atomic E-state index is -0.0473. The summed E-state index contributed by atoms with van der Waals surface area (Å²) < 4.78 is 5.80. The maximum absolute atomic E-state index is 6.22. The molecule has 1 saturated heterocycles. The Balaban J connectivity index is 2.11. The van der Waals surface area contributed by atoms with Crippen LogP contribution in [-0.2, 0) is 11.2 Å². The van der Waals surface area contributed by atoms with Gasteiger partial charge in [-0.15, -0.1) is 11.3 Å². The van der Waals surface area contributed by atoms with E-state index in [1.165, 1.54) is 10.6 Å². The normalized spacial score (nSPS) is 27.2. The average molecular weight is 240 g/mol. The Morgan fingerprint density at radius 2 is 2.31 bits per heavy atom. The van der Waals surface area contributed by atoms with Crippen LogP contribution in [0.25, 0.3) is 0 Å². The van der Waals surface area contributed by atoms with Crippen molar-refractivity contribution in [2.45, 2.75) is 58.3 Å². The van der Waals surface area contributed by atoms with Gasteiger partial charge in [0.15, 0.2) is 0 Å². The van der Waals surface area contributed by atoms with Crippen LogP contribution in [-0.4, -0.2) is 17.2 Å². The Kier molecular flexibility index (Phi) is 3.62. The van der Waals surface area contributed by atoms with Crippen LogP contribution in [0.1, 0.15) is 48.3 Å². The van der Waals surface area contributed by atoms with Gasteiger partial charge in [0.1, 0.15) is 5.01 Å². The summed E-state index contributed by atoms with van der Waals surface area (Å²) in [4.78, 5) is 5.90. The van der Waals surface area contributed by atoms with Crippen molar-refractivity contribution in [3.8, 4) is 0 Å². The highest BCUT2D eigenvalue weighted by Crippen LogP contribution is 2.31. The summed E-state index contributed by atoms with van der Waals surface area (Å²) >= 11 is 1.72.